The molecule has 0 radical (unpaired) electrons. The van der Waals surface area contributed by atoms with Gasteiger partial charge in [-0.2, -0.15) is 0 Å². The highest BCUT2D eigenvalue weighted by Crippen LogP contribution is 2.29. The first-order valence-electron chi connectivity index (χ1n) is 7.51. The van der Waals surface area contributed by atoms with Crippen LogP contribution in [0.15, 0.2) is 48.5 Å². The number of hydrogen-bond donors (Lipinski definition) is 2. The fraction of sp³-hybridized carbons (Fsp3) is 0.316. The Morgan fingerprint density at radius 2 is 1.64 bits per heavy atom. The summed E-state index contributed by atoms with van der Waals surface area (Å²) in [5.74, 6) is -0.194. The van der Waals surface area contributed by atoms with Crippen LogP contribution in [0.2, 0.25) is 0 Å². The van der Waals surface area contributed by atoms with E-state index in [0.717, 1.165) is 22.4 Å². The third-order valence-corrected chi connectivity index (χ3v) is 3.71. The van der Waals surface area contributed by atoms with Gasteiger partial charge in [-0.05, 0) is 29.5 Å². The minimum atomic E-state index is -0.673. The topological polar surface area (TPSA) is 55.1 Å². The number of benzene rings is 2. The molecule has 0 aromatic heterocycles. The predicted octanol–water partition coefficient (Wildman–Crippen LogP) is 3.93. The smallest absolute Gasteiger partial charge is 0.245 e. The highest BCUT2D eigenvalue weighted by Gasteiger charge is 2.21. The maximum absolute atomic E-state index is 12.4. The van der Waals surface area contributed by atoms with Crippen molar-refractivity contribution in [1.82, 2.24) is 0 Å². The van der Waals surface area contributed by atoms with Crippen LogP contribution in [-0.4, -0.2) is 5.91 Å². The van der Waals surface area contributed by atoms with Gasteiger partial charge in [0.05, 0.1) is 0 Å². The summed E-state index contributed by atoms with van der Waals surface area (Å²) < 4.78 is 0. The number of nitrogens with one attached hydrogen (secondary N) is 1. The number of para-hydroxylation sites is 1. The molecule has 22 heavy (non-hydrogen) atoms. The zero-order chi connectivity index (χ0) is 16.3. The molecule has 2 aromatic carbocycles. The van der Waals surface area contributed by atoms with Gasteiger partial charge in [-0.3, -0.25) is 4.79 Å². The third kappa shape index (κ3) is 3.74. The molecule has 0 saturated carbocycles. The van der Waals surface area contributed by atoms with Crippen molar-refractivity contribution in [3.63, 3.8) is 0 Å². The van der Waals surface area contributed by atoms with Gasteiger partial charge in [0.25, 0.3) is 0 Å². The van der Waals surface area contributed by atoms with E-state index in [9.17, 15) is 4.79 Å². The zero-order valence-electron chi connectivity index (χ0n) is 13.7. The van der Waals surface area contributed by atoms with Crippen LogP contribution >= 0.6 is 0 Å². The van der Waals surface area contributed by atoms with E-state index in [1.165, 1.54) is 0 Å². The van der Waals surface area contributed by atoms with Gasteiger partial charge in [-0.1, -0.05) is 68.8 Å². The molecule has 1 atom stereocenters. The molecule has 3 N–H and O–H groups in total. The number of nitrogens with two attached hydrogens (primary N) is 1. The molecule has 1 amide bonds. The van der Waals surface area contributed by atoms with Gasteiger partial charge < -0.3 is 11.1 Å². The lowest BCUT2D eigenvalue weighted by Crippen LogP contribution is -2.29. The monoisotopic (exact) mass is 296 g/mol. The Kier molecular flexibility index (Phi) is 4.67. The SMILES string of the molecule is Cc1ccc(C(N)C(=O)Nc2ccccc2C(C)(C)C)cc1. The van der Waals surface area contributed by atoms with E-state index in [-0.39, 0.29) is 11.3 Å². The molecule has 2 aromatic rings. The zero-order valence-corrected chi connectivity index (χ0v) is 13.7. The normalized spacial score (nSPS) is 12.8. The van der Waals surface area contributed by atoms with Gasteiger partial charge in [0.15, 0.2) is 0 Å². The van der Waals surface area contributed by atoms with Gasteiger partial charge in [-0.25, -0.2) is 0 Å². The largest absolute Gasteiger partial charge is 0.324 e. The van der Waals surface area contributed by atoms with Crippen LogP contribution in [0, 0.1) is 6.92 Å². The molecule has 0 spiro atoms. The minimum absolute atomic E-state index is 0.0438. The first kappa shape index (κ1) is 16.2. The number of anilines is 1. The van der Waals surface area contributed by atoms with Crippen molar-refractivity contribution in [2.24, 2.45) is 5.73 Å². The molecule has 0 saturated heterocycles. The number of carbonyl (C=O) groups excluding carboxylic acids is 1. The Hall–Kier alpha value is -2.13. The van der Waals surface area contributed by atoms with Gasteiger partial charge in [0.2, 0.25) is 5.91 Å². The quantitative estimate of drug-likeness (QED) is 0.901. The van der Waals surface area contributed by atoms with Crippen LogP contribution in [0.4, 0.5) is 5.69 Å². The van der Waals surface area contributed by atoms with E-state index in [4.69, 9.17) is 5.73 Å². The average molecular weight is 296 g/mol. The van der Waals surface area contributed by atoms with Crippen LogP contribution in [0.5, 0.6) is 0 Å². The van der Waals surface area contributed by atoms with Crippen molar-refractivity contribution in [2.45, 2.75) is 39.2 Å². The first-order valence-corrected chi connectivity index (χ1v) is 7.51. The van der Waals surface area contributed by atoms with Crippen LogP contribution in [-0.2, 0) is 10.2 Å². The van der Waals surface area contributed by atoms with E-state index in [2.05, 4.69) is 26.1 Å². The molecule has 0 fully saturated rings. The van der Waals surface area contributed by atoms with Crippen LogP contribution < -0.4 is 11.1 Å². The van der Waals surface area contributed by atoms with Crippen molar-refractivity contribution in [2.75, 3.05) is 5.32 Å². The lowest BCUT2D eigenvalue weighted by molar-refractivity contribution is -0.117. The van der Waals surface area contributed by atoms with Crippen molar-refractivity contribution in [1.29, 1.82) is 0 Å². The Balaban J connectivity index is 2.20. The van der Waals surface area contributed by atoms with E-state index in [1.54, 1.807) is 0 Å². The minimum Gasteiger partial charge on any atom is -0.324 e. The number of rotatable bonds is 3. The fourth-order valence-electron chi connectivity index (χ4n) is 2.38. The second-order valence-corrected chi connectivity index (χ2v) is 6.67. The Morgan fingerprint density at radius 1 is 1.05 bits per heavy atom. The summed E-state index contributed by atoms with van der Waals surface area (Å²) in [6.45, 7) is 8.38. The number of carbonyl (C=O) groups is 1. The summed E-state index contributed by atoms with van der Waals surface area (Å²) >= 11 is 0. The molecule has 0 aliphatic rings. The molecule has 1 unspecified atom stereocenters. The maximum atomic E-state index is 12.4. The van der Waals surface area contributed by atoms with Crippen LogP contribution in [0.1, 0.15) is 43.5 Å². The standard InChI is InChI=1S/C19H24N2O/c1-13-9-11-14(12-10-13)17(20)18(22)21-16-8-6-5-7-15(16)19(2,3)4/h5-12,17H,20H2,1-4H3,(H,21,22). The number of amides is 1. The second-order valence-electron chi connectivity index (χ2n) is 6.67. The molecule has 2 rings (SSSR count). The summed E-state index contributed by atoms with van der Waals surface area (Å²) in [7, 11) is 0. The molecule has 0 aliphatic heterocycles. The van der Waals surface area contributed by atoms with Crippen molar-refractivity contribution >= 4 is 11.6 Å². The van der Waals surface area contributed by atoms with Gasteiger partial charge in [0.1, 0.15) is 6.04 Å². The fourth-order valence-corrected chi connectivity index (χ4v) is 2.38. The third-order valence-electron chi connectivity index (χ3n) is 3.71. The Labute approximate surface area is 132 Å². The van der Waals surface area contributed by atoms with E-state index in [1.807, 2.05) is 55.5 Å². The maximum Gasteiger partial charge on any atom is 0.245 e. The summed E-state index contributed by atoms with van der Waals surface area (Å²) in [6, 6.07) is 14.9. The lowest BCUT2D eigenvalue weighted by Gasteiger charge is -2.23. The summed E-state index contributed by atoms with van der Waals surface area (Å²) in [6.07, 6.45) is 0. The van der Waals surface area contributed by atoms with Crippen molar-refractivity contribution in [3.8, 4) is 0 Å². The van der Waals surface area contributed by atoms with Crippen LogP contribution in [0.3, 0.4) is 0 Å². The molecule has 3 nitrogen and oxygen atoms in total. The van der Waals surface area contributed by atoms with Gasteiger partial charge in [0, 0.05) is 5.69 Å². The molecular weight excluding hydrogens is 272 g/mol. The average Bonchev–Trinajstić information content (AvgIpc) is 2.46. The highest BCUT2D eigenvalue weighted by molar-refractivity contribution is 5.96. The van der Waals surface area contributed by atoms with E-state index >= 15 is 0 Å². The summed E-state index contributed by atoms with van der Waals surface area (Å²) in [5, 5.41) is 2.97. The summed E-state index contributed by atoms with van der Waals surface area (Å²) in [5.41, 5.74) is 9.92. The Bertz CT molecular complexity index is 654. The number of aryl methyl sites for hydroxylation is 1. The molecule has 0 heterocycles. The molecule has 0 aliphatic carbocycles. The van der Waals surface area contributed by atoms with Crippen LogP contribution in [0.25, 0.3) is 0 Å². The first-order chi connectivity index (χ1) is 10.3. The lowest BCUT2D eigenvalue weighted by atomic mass is 9.85. The van der Waals surface area contributed by atoms with E-state index in [0.29, 0.717) is 0 Å². The second kappa shape index (κ2) is 6.32. The van der Waals surface area contributed by atoms with Gasteiger partial charge in [-0.15, -0.1) is 0 Å². The van der Waals surface area contributed by atoms with E-state index < -0.39 is 6.04 Å². The predicted molar refractivity (Wildman–Crippen MR) is 91.9 cm³/mol. The molecule has 0 bridgehead atoms. The van der Waals surface area contributed by atoms with Crippen molar-refractivity contribution < 1.29 is 4.79 Å². The summed E-state index contributed by atoms with van der Waals surface area (Å²) in [4.78, 5) is 12.4. The highest BCUT2D eigenvalue weighted by atomic mass is 16.2. The molecule has 116 valence electrons. The molecule has 3 heteroatoms. The Morgan fingerprint density at radius 3 is 2.23 bits per heavy atom. The number of hydrogen-bond acceptors (Lipinski definition) is 2. The molecular formula is C19H24N2O. The van der Waals surface area contributed by atoms with Crippen molar-refractivity contribution in [3.05, 3.63) is 65.2 Å². The van der Waals surface area contributed by atoms with Gasteiger partial charge >= 0.3 is 0 Å².